The minimum absolute atomic E-state index is 0.0113. The van der Waals surface area contributed by atoms with Crippen molar-refractivity contribution >= 4 is 90.3 Å². The van der Waals surface area contributed by atoms with Crippen molar-refractivity contribution in [3.63, 3.8) is 0 Å². The molecule has 2 aromatic carbocycles. The second kappa shape index (κ2) is 31.5. The van der Waals surface area contributed by atoms with Gasteiger partial charge in [0.1, 0.15) is 48.0 Å². The molecule has 0 unspecified atom stereocenters. The van der Waals surface area contributed by atoms with Crippen LogP contribution in [0, 0.1) is 5.92 Å². The smallest absolute Gasteiger partial charge is 0.246 e. The van der Waals surface area contributed by atoms with Gasteiger partial charge in [-0.25, -0.2) is 0 Å². The lowest BCUT2D eigenvalue weighted by Gasteiger charge is -2.30. The summed E-state index contributed by atoms with van der Waals surface area (Å²) in [5.41, 5.74) is 22.7. The third-order valence-electron chi connectivity index (χ3n) is 11.6. The molecule has 2 aromatic rings. The molecule has 26 heteroatoms. The van der Waals surface area contributed by atoms with Crippen LogP contribution in [0.15, 0.2) is 59.6 Å². The van der Waals surface area contributed by atoms with Gasteiger partial charge in [0.25, 0.3) is 0 Å². The van der Waals surface area contributed by atoms with Crippen molar-refractivity contribution in [3.05, 3.63) is 65.7 Å². The van der Waals surface area contributed by atoms with E-state index in [0.29, 0.717) is 17.5 Å². The fourth-order valence-electron chi connectivity index (χ4n) is 7.88. The Balaban J connectivity index is 1.85. The molecule has 10 amide bonds. The highest BCUT2D eigenvalue weighted by atomic mass is 32.1. The number of guanidine groups is 1. The first-order valence-electron chi connectivity index (χ1n) is 24.2. The summed E-state index contributed by atoms with van der Waals surface area (Å²) in [6, 6.07) is 5.75. The maximum absolute atomic E-state index is 14.3. The van der Waals surface area contributed by atoms with Gasteiger partial charge in [-0.2, -0.15) is 25.3 Å². The number of aromatic hydroxyl groups is 1. The Kier molecular flexibility index (Phi) is 26.0. The summed E-state index contributed by atoms with van der Waals surface area (Å²) in [4.78, 5) is 139. The molecule has 1 heterocycles. The number of nitrogens with one attached hydrogen (secondary N) is 7. The number of phenolic OH excluding ortho intramolecular Hbond substituents is 1. The molecular formula is C48H71N13O11S2. The standard InChI is InChI=1S/C48H71N13O11S2/c1-27(2)22-33(43(68)60-36(26-74)47(72)61-20-7-11-37(61)46(71)57-31(10-6-19-53-48(51)52)41(66)54-25-39(50)64)58-42(67)32(16-17-38(49)63)56-45(70)35(23-28-8-4-3-5-9-28)59-44(69)34(55-40(65)18-21-73)24-29-12-14-30(62)15-13-29/h3-5,8-9,12-15,27,31-37,62,73-74H,6-7,10-11,16-26H2,1-2H3,(H2,49,63)(H2,50,64)(H,54,66)(H,55,65)(H,56,70)(H,57,71)(H,58,67)(H,59,69)(H,60,68)(H4,51,52,53)/t31-,32+,33+,34+,35+,36+,37+/m1/s1. The van der Waals surface area contributed by atoms with E-state index in [4.69, 9.17) is 22.9 Å². The van der Waals surface area contributed by atoms with Gasteiger partial charge in [-0.15, -0.1) is 0 Å². The quantitative estimate of drug-likeness (QED) is 0.0158. The van der Waals surface area contributed by atoms with Crippen molar-refractivity contribution in [2.45, 2.75) is 120 Å². The van der Waals surface area contributed by atoms with Crippen LogP contribution in [0.5, 0.6) is 5.75 Å². The van der Waals surface area contributed by atoms with Crippen LogP contribution in [0.1, 0.15) is 76.3 Å². The van der Waals surface area contributed by atoms with Gasteiger partial charge in [0.2, 0.25) is 59.1 Å². The Morgan fingerprint density at radius 1 is 0.662 bits per heavy atom. The molecule has 3 rings (SSSR count). The van der Waals surface area contributed by atoms with Crippen LogP contribution >= 0.6 is 25.3 Å². The van der Waals surface area contributed by atoms with Gasteiger partial charge < -0.3 is 70.2 Å². The predicted molar refractivity (Wildman–Crippen MR) is 281 cm³/mol. The van der Waals surface area contributed by atoms with Gasteiger partial charge in [-0.05, 0) is 73.5 Å². The van der Waals surface area contributed by atoms with Gasteiger partial charge in [0.05, 0.1) is 6.54 Å². The molecule has 0 spiro atoms. The van der Waals surface area contributed by atoms with Crippen molar-refractivity contribution in [1.29, 1.82) is 0 Å². The van der Waals surface area contributed by atoms with Crippen LogP contribution in [0.25, 0.3) is 0 Å². The fraction of sp³-hybridized carbons (Fsp3) is 0.521. The number of aliphatic imine (C=N–C) groups is 1. The van der Waals surface area contributed by atoms with Gasteiger partial charge in [0, 0.05) is 44.5 Å². The highest BCUT2D eigenvalue weighted by Gasteiger charge is 2.40. The minimum atomic E-state index is -1.49. The van der Waals surface area contributed by atoms with Crippen LogP contribution in [-0.2, 0) is 60.8 Å². The lowest BCUT2D eigenvalue weighted by molar-refractivity contribution is -0.142. The first kappa shape index (κ1) is 61.2. The highest BCUT2D eigenvalue weighted by molar-refractivity contribution is 7.80. The summed E-state index contributed by atoms with van der Waals surface area (Å²) in [6.07, 6.45) is 0.153. The summed E-state index contributed by atoms with van der Waals surface area (Å²) in [7, 11) is 0. The van der Waals surface area contributed by atoms with E-state index in [1.807, 2.05) is 0 Å². The lowest BCUT2D eigenvalue weighted by atomic mass is 10.0. The maximum atomic E-state index is 14.3. The van der Waals surface area contributed by atoms with Crippen molar-refractivity contribution in [1.82, 2.24) is 42.1 Å². The van der Waals surface area contributed by atoms with Crippen molar-refractivity contribution in [2.24, 2.45) is 33.8 Å². The Bertz CT molecular complexity index is 2290. The topological polar surface area (TPSA) is 395 Å². The van der Waals surface area contributed by atoms with Gasteiger partial charge in [-0.1, -0.05) is 56.3 Å². The number of carbonyl (C=O) groups is 10. The van der Waals surface area contributed by atoms with Crippen LogP contribution in [0.3, 0.4) is 0 Å². The first-order chi connectivity index (χ1) is 35.1. The van der Waals surface area contributed by atoms with Gasteiger partial charge in [0.15, 0.2) is 5.96 Å². The van der Waals surface area contributed by atoms with Gasteiger partial charge in [-0.3, -0.25) is 52.9 Å². The van der Waals surface area contributed by atoms with Crippen molar-refractivity contribution in [2.75, 3.05) is 31.1 Å². The summed E-state index contributed by atoms with van der Waals surface area (Å²) < 4.78 is 0. The third kappa shape index (κ3) is 21.6. The molecule has 0 radical (unpaired) electrons. The molecule has 74 heavy (non-hydrogen) atoms. The molecule has 1 saturated heterocycles. The van der Waals surface area contributed by atoms with E-state index in [1.165, 1.54) is 17.0 Å². The number of nitrogens with zero attached hydrogens (tertiary/aromatic N) is 2. The maximum Gasteiger partial charge on any atom is 0.246 e. The predicted octanol–water partition coefficient (Wildman–Crippen LogP) is -2.71. The number of amides is 10. The van der Waals surface area contributed by atoms with Crippen LogP contribution < -0.4 is 60.2 Å². The average molecular weight is 1070 g/mol. The summed E-state index contributed by atoms with van der Waals surface area (Å²) in [6.45, 7) is 3.32. The van der Waals surface area contributed by atoms with E-state index in [-0.39, 0.29) is 100 Å². The fourth-order valence-corrected chi connectivity index (χ4v) is 8.33. The Morgan fingerprint density at radius 2 is 1.22 bits per heavy atom. The molecular weight excluding hydrogens is 999 g/mol. The zero-order valence-corrected chi connectivity index (χ0v) is 43.3. The molecule has 1 aliphatic heterocycles. The molecule has 1 fully saturated rings. The van der Waals surface area contributed by atoms with E-state index in [2.05, 4.69) is 67.5 Å². The summed E-state index contributed by atoms with van der Waals surface area (Å²) >= 11 is 8.45. The molecule has 0 saturated carbocycles. The average Bonchev–Trinajstić information content (AvgIpc) is 3.85. The number of benzene rings is 2. The van der Waals surface area contributed by atoms with Crippen LogP contribution in [-0.4, -0.2) is 148 Å². The SMILES string of the molecule is CC(C)C[C@H](NC(=O)[C@H](CCC(N)=O)NC(=O)[C@H](Cc1ccccc1)NC(=O)[C@H](Cc1ccc(O)cc1)NC(=O)CCS)C(=O)N[C@@H](CS)C(=O)N1CCC[C@H]1C(=O)N[C@H](CCCN=C(N)N)C(=O)NCC(N)=O. The van der Waals surface area contributed by atoms with E-state index >= 15 is 0 Å². The Hall–Kier alpha value is -7.09. The number of hydrogen-bond acceptors (Lipinski definition) is 14. The Morgan fingerprint density at radius 3 is 1.80 bits per heavy atom. The van der Waals surface area contributed by atoms with Crippen molar-refractivity contribution in [3.8, 4) is 5.75 Å². The van der Waals surface area contributed by atoms with Gasteiger partial charge >= 0.3 is 0 Å². The molecule has 0 aliphatic carbocycles. The number of thiol groups is 2. The number of rotatable bonds is 31. The van der Waals surface area contributed by atoms with Crippen LogP contribution in [0.2, 0.25) is 0 Å². The van der Waals surface area contributed by atoms with E-state index in [9.17, 15) is 53.1 Å². The second-order valence-corrected chi connectivity index (χ2v) is 18.9. The molecule has 0 aromatic heterocycles. The minimum Gasteiger partial charge on any atom is -0.508 e. The number of primary amides is 2. The summed E-state index contributed by atoms with van der Waals surface area (Å²) in [5.74, 6) is -7.89. The monoisotopic (exact) mass is 1070 g/mol. The van der Waals surface area contributed by atoms with E-state index in [1.54, 1.807) is 56.3 Å². The normalized spacial score (nSPS) is 15.4. The lowest BCUT2D eigenvalue weighted by Crippen LogP contribution is -2.60. The summed E-state index contributed by atoms with van der Waals surface area (Å²) in [5, 5.41) is 28.1. The van der Waals surface area contributed by atoms with E-state index < -0.39 is 108 Å². The largest absolute Gasteiger partial charge is 0.508 e. The molecule has 406 valence electrons. The molecule has 7 atom stereocenters. The zero-order valence-electron chi connectivity index (χ0n) is 41.5. The molecule has 1 aliphatic rings. The third-order valence-corrected chi connectivity index (χ3v) is 12.2. The first-order valence-corrected chi connectivity index (χ1v) is 25.4. The Labute approximate surface area is 440 Å². The number of nitrogens with two attached hydrogens (primary N) is 4. The molecule has 24 nitrogen and oxygen atoms in total. The van der Waals surface area contributed by atoms with Crippen molar-refractivity contribution < 1.29 is 53.1 Å². The number of phenols is 1. The number of carbonyl (C=O) groups excluding carboxylic acids is 10. The molecule has 0 bridgehead atoms. The highest BCUT2D eigenvalue weighted by Crippen LogP contribution is 2.20. The number of likely N-dealkylation sites (tertiary alicyclic amines) is 1. The number of hydrogen-bond donors (Lipinski definition) is 14. The zero-order chi connectivity index (χ0) is 54.9. The molecule has 16 N–H and O–H groups in total. The van der Waals surface area contributed by atoms with E-state index in [0.717, 1.165) is 0 Å². The second-order valence-electron chi connectivity index (χ2n) is 18.1. The van der Waals surface area contributed by atoms with Crippen LogP contribution in [0.4, 0.5) is 0 Å².